The van der Waals surface area contributed by atoms with E-state index in [1.807, 2.05) is 38.6 Å². The maximum Gasteiger partial charge on any atom is 0.252 e. The van der Waals surface area contributed by atoms with Gasteiger partial charge in [0.25, 0.3) is 10.0 Å². The topological polar surface area (TPSA) is 67.2 Å². The van der Waals surface area contributed by atoms with E-state index in [1.54, 1.807) is 6.07 Å². The van der Waals surface area contributed by atoms with Crippen LogP contribution in [-0.2, 0) is 30.0 Å². The second-order valence-corrected chi connectivity index (χ2v) is 9.34. The number of sulfonamides is 1. The highest BCUT2D eigenvalue weighted by atomic mass is 32.2. The van der Waals surface area contributed by atoms with Gasteiger partial charge in [0.15, 0.2) is 0 Å². The fraction of sp³-hybridized carbons (Fsp3) is 0.588. The van der Waals surface area contributed by atoms with Crippen molar-refractivity contribution >= 4 is 21.4 Å². The van der Waals surface area contributed by atoms with E-state index in [9.17, 15) is 8.42 Å². The normalized spacial score (nSPS) is 12.2. The Morgan fingerprint density at radius 1 is 1.24 bits per heavy atom. The summed E-state index contributed by atoms with van der Waals surface area (Å²) in [5, 5.41) is 7.85. The molecule has 0 aliphatic carbocycles. The van der Waals surface area contributed by atoms with Crippen molar-refractivity contribution in [3.05, 3.63) is 34.0 Å². The molecule has 0 saturated heterocycles. The molecule has 0 amide bonds. The van der Waals surface area contributed by atoms with Gasteiger partial charge in [-0.15, -0.1) is 11.3 Å². The van der Waals surface area contributed by atoms with E-state index in [0.29, 0.717) is 17.3 Å². The van der Waals surface area contributed by atoms with E-state index in [4.69, 9.17) is 0 Å². The lowest BCUT2D eigenvalue weighted by Crippen LogP contribution is -2.29. The molecule has 2 aromatic rings. The van der Waals surface area contributed by atoms with Crippen molar-refractivity contribution in [1.29, 1.82) is 0 Å². The molecule has 25 heavy (non-hydrogen) atoms. The molecule has 0 aromatic carbocycles. The van der Waals surface area contributed by atoms with E-state index >= 15 is 0 Å². The van der Waals surface area contributed by atoms with Gasteiger partial charge in [-0.05, 0) is 32.4 Å². The third-order valence-electron chi connectivity index (χ3n) is 4.45. The molecule has 0 bridgehead atoms. The van der Waals surface area contributed by atoms with Crippen LogP contribution in [0, 0.1) is 13.8 Å². The molecule has 0 radical (unpaired) electrons. The minimum atomic E-state index is -3.34. The highest BCUT2D eigenvalue weighted by Crippen LogP contribution is 2.25. The highest BCUT2D eigenvalue weighted by Gasteiger charge is 2.23. The first-order chi connectivity index (χ1) is 11.8. The summed E-state index contributed by atoms with van der Waals surface area (Å²) in [4.78, 5) is 1.08. The van der Waals surface area contributed by atoms with Crippen LogP contribution in [0.2, 0.25) is 0 Å². The summed E-state index contributed by atoms with van der Waals surface area (Å²) in [7, 11) is -1.39. The first-order valence-electron chi connectivity index (χ1n) is 8.59. The van der Waals surface area contributed by atoms with Crippen molar-refractivity contribution in [2.24, 2.45) is 7.05 Å². The van der Waals surface area contributed by atoms with E-state index in [2.05, 4.69) is 17.3 Å². The first-order valence-corrected chi connectivity index (χ1v) is 10.9. The number of aryl methyl sites for hydroxylation is 2. The minimum Gasteiger partial charge on any atom is -0.312 e. The van der Waals surface area contributed by atoms with Crippen molar-refractivity contribution in [2.45, 2.75) is 44.9 Å². The zero-order valence-corrected chi connectivity index (χ0v) is 17.3. The van der Waals surface area contributed by atoms with E-state index < -0.39 is 10.0 Å². The molecule has 0 aliphatic rings. The molecule has 0 atom stereocenters. The van der Waals surface area contributed by atoms with Crippen molar-refractivity contribution in [3.8, 4) is 0 Å². The van der Waals surface area contributed by atoms with Gasteiger partial charge < -0.3 is 5.32 Å². The number of nitrogens with one attached hydrogen (secondary N) is 1. The van der Waals surface area contributed by atoms with Crippen molar-refractivity contribution < 1.29 is 8.42 Å². The van der Waals surface area contributed by atoms with Gasteiger partial charge in [0, 0.05) is 49.4 Å². The minimum absolute atomic E-state index is 0.435. The SMILES string of the molecule is CCN(CC)S(=O)(=O)c1ccc(CCNCc2c(C)nn(C)c2C)s1. The molecule has 140 valence electrons. The number of rotatable bonds is 9. The van der Waals surface area contributed by atoms with Gasteiger partial charge in [0.05, 0.1) is 5.69 Å². The number of nitrogens with zero attached hydrogens (tertiary/aromatic N) is 3. The van der Waals surface area contributed by atoms with Crippen LogP contribution in [0.5, 0.6) is 0 Å². The number of hydrogen-bond donors (Lipinski definition) is 1. The molecule has 0 spiro atoms. The number of hydrogen-bond acceptors (Lipinski definition) is 5. The molecule has 0 aliphatic heterocycles. The maximum atomic E-state index is 12.5. The Bertz CT molecular complexity index is 805. The van der Waals surface area contributed by atoms with Gasteiger partial charge >= 0.3 is 0 Å². The third-order valence-corrected chi connectivity index (χ3v) is 8.11. The van der Waals surface area contributed by atoms with Crippen LogP contribution >= 0.6 is 11.3 Å². The van der Waals surface area contributed by atoms with Crippen LogP contribution in [0.3, 0.4) is 0 Å². The van der Waals surface area contributed by atoms with Gasteiger partial charge in [0.2, 0.25) is 0 Å². The van der Waals surface area contributed by atoms with Crippen LogP contribution in [0.1, 0.15) is 35.7 Å². The second kappa shape index (κ2) is 8.44. The Morgan fingerprint density at radius 2 is 1.92 bits per heavy atom. The second-order valence-electron chi connectivity index (χ2n) is 6.01. The Balaban J connectivity index is 1.92. The molecule has 2 rings (SSSR count). The Kier molecular flexibility index (Phi) is 6.79. The zero-order valence-electron chi connectivity index (χ0n) is 15.7. The summed E-state index contributed by atoms with van der Waals surface area (Å²) in [6.07, 6.45) is 0.816. The Morgan fingerprint density at radius 3 is 2.48 bits per heavy atom. The quantitative estimate of drug-likeness (QED) is 0.675. The Labute approximate surface area is 154 Å². The predicted molar refractivity (Wildman–Crippen MR) is 103 cm³/mol. The largest absolute Gasteiger partial charge is 0.312 e. The number of aromatic nitrogens is 2. The van der Waals surface area contributed by atoms with Crippen LogP contribution in [0.25, 0.3) is 0 Å². The van der Waals surface area contributed by atoms with Crippen LogP contribution in [0.15, 0.2) is 16.3 Å². The van der Waals surface area contributed by atoms with E-state index in [0.717, 1.165) is 30.1 Å². The lowest BCUT2D eigenvalue weighted by Gasteiger charge is -2.16. The van der Waals surface area contributed by atoms with Crippen molar-refractivity contribution in [1.82, 2.24) is 19.4 Å². The van der Waals surface area contributed by atoms with Gasteiger partial charge in [-0.2, -0.15) is 9.40 Å². The smallest absolute Gasteiger partial charge is 0.252 e. The summed E-state index contributed by atoms with van der Waals surface area (Å²) in [5.74, 6) is 0. The monoisotopic (exact) mass is 384 g/mol. The number of thiophene rings is 1. The summed E-state index contributed by atoms with van der Waals surface area (Å²) in [5.41, 5.74) is 3.46. The first kappa shape index (κ1) is 20.1. The van der Waals surface area contributed by atoms with Crippen LogP contribution in [-0.4, -0.2) is 42.1 Å². The molecule has 1 N–H and O–H groups in total. The lowest BCUT2D eigenvalue weighted by atomic mass is 10.2. The Hall–Kier alpha value is -1.22. The molecule has 2 heterocycles. The average molecular weight is 385 g/mol. The molecule has 8 heteroatoms. The summed E-state index contributed by atoms with van der Waals surface area (Å²) < 4.78 is 28.9. The van der Waals surface area contributed by atoms with Crippen molar-refractivity contribution in [3.63, 3.8) is 0 Å². The summed E-state index contributed by atoms with van der Waals surface area (Å²) >= 11 is 1.37. The molecule has 0 unspecified atom stereocenters. The lowest BCUT2D eigenvalue weighted by molar-refractivity contribution is 0.447. The molecular weight excluding hydrogens is 356 g/mol. The van der Waals surface area contributed by atoms with Gasteiger partial charge in [-0.25, -0.2) is 8.42 Å². The van der Waals surface area contributed by atoms with Crippen LogP contribution < -0.4 is 5.32 Å². The van der Waals surface area contributed by atoms with E-state index in [1.165, 1.54) is 26.9 Å². The van der Waals surface area contributed by atoms with Crippen LogP contribution in [0.4, 0.5) is 0 Å². The standard InChI is InChI=1S/C17H28N4O2S2/c1-6-21(7-2)25(22,23)17-9-8-15(24-17)10-11-18-12-16-13(3)19-20(5)14(16)4/h8-9,18H,6-7,10-12H2,1-5H3. The van der Waals surface area contributed by atoms with Crippen molar-refractivity contribution in [2.75, 3.05) is 19.6 Å². The van der Waals surface area contributed by atoms with Gasteiger partial charge in [0.1, 0.15) is 4.21 Å². The van der Waals surface area contributed by atoms with Gasteiger partial charge in [-0.1, -0.05) is 13.8 Å². The third kappa shape index (κ3) is 4.49. The maximum absolute atomic E-state index is 12.5. The zero-order chi connectivity index (χ0) is 18.6. The summed E-state index contributed by atoms with van der Waals surface area (Å²) in [6.45, 7) is 10.4. The molecule has 6 nitrogen and oxygen atoms in total. The molecule has 0 fully saturated rings. The predicted octanol–water partition coefficient (Wildman–Crippen LogP) is 2.46. The summed E-state index contributed by atoms with van der Waals surface area (Å²) in [6, 6.07) is 3.65. The fourth-order valence-electron chi connectivity index (χ4n) is 2.82. The molecule has 0 saturated carbocycles. The van der Waals surface area contributed by atoms with Gasteiger partial charge in [-0.3, -0.25) is 4.68 Å². The molecular formula is C17H28N4O2S2. The highest BCUT2D eigenvalue weighted by molar-refractivity contribution is 7.91. The fourth-order valence-corrected chi connectivity index (χ4v) is 5.79. The average Bonchev–Trinajstić information content (AvgIpc) is 3.12. The van der Waals surface area contributed by atoms with E-state index in [-0.39, 0.29) is 0 Å². The molecule has 2 aromatic heterocycles.